The maximum absolute atomic E-state index is 12.3. The minimum atomic E-state index is -0.577. The number of carbonyl (C=O) groups is 1. The monoisotopic (exact) mass is 490 g/mol. The average Bonchev–Trinajstić information content (AvgIpc) is 3.41. The lowest BCUT2D eigenvalue weighted by Crippen LogP contribution is -2.30. The number of hydrogen-bond donors (Lipinski definition) is 3. The predicted molar refractivity (Wildman–Crippen MR) is 133 cm³/mol. The second-order valence-corrected chi connectivity index (χ2v) is 9.59. The molecule has 0 radical (unpaired) electrons. The molecule has 2 aromatic heterocycles. The number of amides is 1. The minimum absolute atomic E-state index is 0.411. The Balaban J connectivity index is 1.28. The molecule has 11 nitrogen and oxygen atoms in total. The SMILES string of the molecule is Cc1cnc(Nc2ccc3c(c2)CN(C(=O)OOC(C)(C)C)C3)nc1Nc1ccc2oc(=O)[nH]c2c1. The highest BCUT2D eigenvalue weighted by molar-refractivity contribution is 5.78. The Morgan fingerprint density at radius 3 is 2.64 bits per heavy atom. The summed E-state index contributed by atoms with van der Waals surface area (Å²) in [4.78, 5) is 47.1. The third kappa shape index (κ3) is 5.15. The first-order chi connectivity index (χ1) is 17.1. The summed E-state index contributed by atoms with van der Waals surface area (Å²) < 4.78 is 5.05. The van der Waals surface area contributed by atoms with Crippen molar-refractivity contribution in [2.45, 2.75) is 46.4 Å². The van der Waals surface area contributed by atoms with Crippen molar-refractivity contribution in [1.29, 1.82) is 0 Å². The average molecular weight is 491 g/mol. The fourth-order valence-corrected chi connectivity index (χ4v) is 3.74. The molecule has 1 aliphatic rings. The molecule has 1 amide bonds. The third-order valence-corrected chi connectivity index (χ3v) is 5.46. The zero-order chi connectivity index (χ0) is 25.4. The number of fused-ring (bicyclic) bond motifs is 2. The van der Waals surface area contributed by atoms with Gasteiger partial charge in [0, 0.05) is 36.2 Å². The zero-order valence-electron chi connectivity index (χ0n) is 20.3. The summed E-state index contributed by atoms with van der Waals surface area (Å²) in [5.41, 5.74) is 4.92. The first-order valence-corrected chi connectivity index (χ1v) is 11.4. The Bertz CT molecular complexity index is 1500. The summed E-state index contributed by atoms with van der Waals surface area (Å²) in [7, 11) is 0. The quantitative estimate of drug-likeness (QED) is 0.264. The summed E-state index contributed by atoms with van der Waals surface area (Å²) in [6.07, 6.45) is 1.20. The van der Waals surface area contributed by atoms with E-state index in [1.807, 2.05) is 45.9 Å². The van der Waals surface area contributed by atoms with E-state index in [1.165, 1.54) is 0 Å². The van der Waals surface area contributed by atoms with Crippen LogP contribution in [-0.2, 0) is 22.9 Å². The highest BCUT2D eigenvalue weighted by atomic mass is 17.2. The Kier molecular flexibility index (Phi) is 5.84. The van der Waals surface area contributed by atoms with Crippen molar-refractivity contribution in [2.24, 2.45) is 0 Å². The lowest BCUT2D eigenvalue weighted by molar-refractivity contribution is -0.305. The van der Waals surface area contributed by atoms with E-state index in [1.54, 1.807) is 29.3 Å². The van der Waals surface area contributed by atoms with Crippen LogP contribution in [0.5, 0.6) is 0 Å². The minimum Gasteiger partial charge on any atom is -0.408 e. The Hall–Kier alpha value is -4.38. The van der Waals surface area contributed by atoms with E-state index < -0.39 is 17.5 Å². The van der Waals surface area contributed by atoms with Gasteiger partial charge in [-0.15, -0.1) is 0 Å². The second-order valence-electron chi connectivity index (χ2n) is 9.59. The van der Waals surface area contributed by atoms with Crippen molar-refractivity contribution >= 4 is 40.3 Å². The second kappa shape index (κ2) is 9.00. The summed E-state index contributed by atoms with van der Waals surface area (Å²) in [6.45, 7) is 8.19. The molecule has 186 valence electrons. The van der Waals surface area contributed by atoms with E-state index >= 15 is 0 Å². The van der Waals surface area contributed by atoms with Crippen LogP contribution < -0.4 is 16.4 Å². The van der Waals surface area contributed by atoms with Gasteiger partial charge in [-0.2, -0.15) is 9.87 Å². The molecule has 4 aromatic rings. The summed E-state index contributed by atoms with van der Waals surface area (Å²) in [6, 6.07) is 11.1. The van der Waals surface area contributed by atoms with Crippen molar-refractivity contribution in [3.05, 3.63) is 69.8 Å². The first kappa shape index (κ1) is 23.4. The van der Waals surface area contributed by atoms with Crippen molar-refractivity contribution in [1.82, 2.24) is 19.9 Å². The van der Waals surface area contributed by atoms with Gasteiger partial charge in [-0.1, -0.05) is 6.07 Å². The highest BCUT2D eigenvalue weighted by Crippen LogP contribution is 2.28. The van der Waals surface area contributed by atoms with E-state index in [0.29, 0.717) is 36.0 Å². The van der Waals surface area contributed by atoms with Crippen LogP contribution in [0.3, 0.4) is 0 Å². The van der Waals surface area contributed by atoms with Crippen molar-refractivity contribution in [3.8, 4) is 0 Å². The zero-order valence-corrected chi connectivity index (χ0v) is 20.3. The summed E-state index contributed by atoms with van der Waals surface area (Å²) in [5, 5.41) is 6.48. The van der Waals surface area contributed by atoms with Gasteiger partial charge in [0.1, 0.15) is 11.4 Å². The number of aryl methyl sites for hydroxylation is 1. The number of H-pyrrole nitrogens is 1. The fraction of sp³-hybridized carbons (Fsp3) is 0.280. The Morgan fingerprint density at radius 2 is 1.83 bits per heavy atom. The Labute approximate surface area is 206 Å². The molecule has 5 rings (SSSR count). The summed E-state index contributed by atoms with van der Waals surface area (Å²) >= 11 is 0. The lowest BCUT2D eigenvalue weighted by atomic mass is 10.1. The van der Waals surface area contributed by atoms with E-state index in [0.717, 1.165) is 28.1 Å². The van der Waals surface area contributed by atoms with Crippen molar-refractivity contribution < 1.29 is 19.0 Å². The normalized spacial score (nSPS) is 13.1. The van der Waals surface area contributed by atoms with E-state index in [-0.39, 0.29) is 0 Å². The van der Waals surface area contributed by atoms with Gasteiger partial charge < -0.3 is 15.1 Å². The molecule has 0 atom stereocenters. The van der Waals surface area contributed by atoms with E-state index in [2.05, 4.69) is 25.6 Å². The van der Waals surface area contributed by atoms with Crippen LogP contribution in [0.1, 0.15) is 37.5 Å². The van der Waals surface area contributed by atoms with Crippen LogP contribution in [0.2, 0.25) is 0 Å². The van der Waals surface area contributed by atoms with Crippen LogP contribution in [0.15, 0.2) is 51.8 Å². The molecule has 1 aliphatic heterocycles. The number of hydrogen-bond acceptors (Lipinski definition) is 9. The topological polar surface area (TPSA) is 135 Å². The van der Waals surface area contributed by atoms with Crippen LogP contribution in [0.4, 0.5) is 27.9 Å². The molecular formula is C25H26N6O5. The number of carbonyl (C=O) groups excluding carboxylic acids is 1. The molecule has 0 saturated heterocycles. The van der Waals surface area contributed by atoms with E-state index in [9.17, 15) is 9.59 Å². The number of oxazole rings is 1. The predicted octanol–water partition coefficient (Wildman–Crippen LogP) is 4.89. The Morgan fingerprint density at radius 1 is 1.08 bits per heavy atom. The molecule has 0 bridgehead atoms. The van der Waals surface area contributed by atoms with Gasteiger partial charge in [0.25, 0.3) is 0 Å². The molecule has 3 N–H and O–H groups in total. The highest BCUT2D eigenvalue weighted by Gasteiger charge is 2.27. The molecule has 0 fully saturated rings. The molecule has 2 aromatic carbocycles. The summed E-state index contributed by atoms with van der Waals surface area (Å²) in [5.74, 6) is 0.528. The largest absolute Gasteiger partial charge is 0.441 e. The maximum Gasteiger partial charge on any atom is 0.441 e. The third-order valence-electron chi connectivity index (χ3n) is 5.46. The molecule has 0 spiro atoms. The molecule has 0 unspecified atom stereocenters. The van der Waals surface area contributed by atoms with Crippen LogP contribution in [-0.4, -0.2) is 31.5 Å². The molecule has 0 aliphatic carbocycles. The lowest BCUT2D eigenvalue weighted by Gasteiger charge is -2.20. The number of benzene rings is 2. The van der Waals surface area contributed by atoms with Gasteiger partial charge in [-0.05, 0) is 69.2 Å². The maximum atomic E-state index is 12.3. The number of nitrogens with one attached hydrogen (secondary N) is 3. The molecule has 36 heavy (non-hydrogen) atoms. The number of anilines is 4. The standard InChI is InChI=1S/C25H26N6O5/c1-14-11-26-22(30-21(14)27-18-7-8-20-19(10-18)29-23(32)34-20)28-17-6-5-15-12-31(13-16(15)9-17)24(33)35-36-25(2,3)4/h5-11H,12-13H2,1-4H3,(H,29,32)(H2,26,27,28,30). The molecule has 11 heteroatoms. The first-order valence-electron chi connectivity index (χ1n) is 11.4. The van der Waals surface area contributed by atoms with Gasteiger partial charge in [0.05, 0.1) is 5.52 Å². The smallest absolute Gasteiger partial charge is 0.408 e. The molecular weight excluding hydrogens is 464 g/mol. The van der Waals surface area contributed by atoms with Gasteiger partial charge in [0.15, 0.2) is 5.58 Å². The van der Waals surface area contributed by atoms with Crippen LogP contribution in [0.25, 0.3) is 11.1 Å². The van der Waals surface area contributed by atoms with Gasteiger partial charge in [-0.25, -0.2) is 14.6 Å². The van der Waals surface area contributed by atoms with Crippen molar-refractivity contribution in [3.63, 3.8) is 0 Å². The van der Waals surface area contributed by atoms with Gasteiger partial charge in [-0.3, -0.25) is 14.8 Å². The number of rotatable bonds is 5. The van der Waals surface area contributed by atoms with E-state index in [4.69, 9.17) is 14.2 Å². The number of aromatic amines is 1. The number of aromatic nitrogens is 3. The van der Waals surface area contributed by atoms with Crippen molar-refractivity contribution in [2.75, 3.05) is 10.6 Å². The molecule has 0 saturated carbocycles. The number of nitrogens with zero attached hydrogens (tertiary/aromatic N) is 3. The van der Waals surface area contributed by atoms with Crippen LogP contribution >= 0.6 is 0 Å². The van der Waals surface area contributed by atoms with Gasteiger partial charge in [0.2, 0.25) is 5.95 Å². The molecule has 3 heterocycles. The van der Waals surface area contributed by atoms with Crippen LogP contribution in [0, 0.1) is 6.92 Å². The van der Waals surface area contributed by atoms with Gasteiger partial charge >= 0.3 is 11.8 Å². The fourth-order valence-electron chi connectivity index (χ4n) is 3.74.